The van der Waals surface area contributed by atoms with E-state index in [0.29, 0.717) is 18.5 Å². The van der Waals surface area contributed by atoms with Crippen LogP contribution in [-0.4, -0.2) is 29.9 Å². The van der Waals surface area contributed by atoms with Gasteiger partial charge >= 0.3 is 6.18 Å². The molecule has 0 aliphatic carbocycles. The molecule has 2 amide bonds. The first-order chi connectivity index (χ1) is 20.7. The lowest BCUT2D eigenvalue weighted by molar-refractivity contribution is -0.137. The standard InChI is InChI=1S/C34H29F3N2O3S/c35-34(36,37)29-13-7-10-25(20-29)21-31(33(42)38-30(22-40)18-19-43-23-24-8-3-1-4-9-24)39-32(41)28-16-14-27(15-17-28)26-11-5-2-6-12-26/h1-17,20-22,30H,18-19,23H2,(H,38,42)(H,39,41)/b31-21+. The molecule has 5 nitrogen and oxygen atoms in total. The highest BCUT2D eigenvalue weighted by Gasteiger charge is 2.30. The molecule has 4 aromatic rings. The maximum atomic E-state index is 13.3. The van der Waals surface area contributed by atoms with Crippen LogP contribution in [0.4, 0.5) is 13.2 Å². The molecule has 4 rings (SSSR count). The molecule has 1 atom stereocenters. The minimum Gasteiger partial charge on any atom is -0.341 e. The van der Waals surface area contributed by atoms with Crippen LogP contribution in [-0.2, 0) is 21.5 Å². The van der Waals surface area contributed by atoms with Gasteiger partial charge in [-0.25, -0.2) is 0 Å². The maximum absolute atomic E-state index is 13.3. The van der Waals surface area contributed by atoms with Gasteiger partial charge in [0.25, 0.3) is 11.8 Å². The van der Waals surface area contributed by atoms with E-state index in [1.807, 2.05) is 60.7 Å². The van der Waals surface area contributed by atoms with Gasteiger partial charge in [0.05, 0.1) is 11.6 Å². The van der Waals surface area contributed by atoms with Gasteiger partial charge in [-0.2, -0.15) is 24.9 Å². The fraction of sp³-hybridized carbons (Fsp3) is 0.147. The van der Waals surface area contributed by atoms with E-state index < -0.39 is 29.6 Å². The first-order valence-corrected chi connectivity index (χ1v) is 14.6. The summed E-state index contributed by atoms with van der Waals surface area (Å²) in [6, 6.07) is 29.6. The highest BCUT2D eigenvalue weighted by Crippen LogP contribution is 2.30. The quantitative estimate of drug-likeness (QED) is 0.103. The molecule has 0 aliphatic heterocycles. The van der Waals surface area contributed by atoms with Crippen molar-refractivity contribution in [3.63, 3.8) is 0 Å². The van der Waals surface area contributed by atoms with Crippen LogP contribution in [0, 0.1) is 0 Å². The third kappa shape index (κ3) is 9.44. The first kappa shape index (κ1) is 31.3. The highest BCUT2D eigenvalue weighted by atomic mass is 32.2. The van der Waals surface area contributed by atoms with E-state index in [1.54, 1.807) is 36.0 Å². The van der Waals surface area contributed by atoms with E-state index >= 15 is 0 Å². The van der Waals surface area contributed by atoms with Crippen molar-refractivity contribution in [2.75, 3.05) is 5.75 Å². The summed E-state index contributed by atoms with van der Waals surface area (Å²) in [5.74, 6) is -0.114. The van der Waals surface area contributed by atoms with Gasteiger partial charge in [-0.15, -0.1) is 0 Å². The van der Waals surface area contributed by atoms with E-state index in [0.717, 1.165) is 40.7 Å². The van der Waals surface area contributed by atoms with Gasteiger partial charge < -0.3 is 15.4 Å². The molecule has 43 heavy (non-hydrogen) atoms. The molecular formula is C34H29F3N2O3S. The average molecular weight is 603 g/mol. The molecule has 220 valence electrons. The van der Waals surface area contributed by atoms with Crippen molar-refractivity contribution in [1.29, 1.82) is 0 Å². The molecule has 0 spiro atoms. The van der Waals surface area contributed by atoms with Crippen molar-refractivity contribution >= 4 is 35.9 Å². The van der Waals surface area contributed by atoms with Crippen LogP contribution in [0.5, 0.6) is 0 Å². The second kappa shape index (κ2) is 15.0. The number of hydrogen-bond acceptors (Lipinski definition) is 4. The zero-order chi connectivity index (χ0) is 30.7. The third-order valence-electron chi connectivity index (χ3n) is 6.44. The first-order valence-electron chi connectivity index (χ1n) is 13.5. The van der Waals surface area contributed by atoms with E-state index in [4.69, 9.17) is 0 Å². The minimum atomic E-state index is -4.59. The van der Waals surface area contributed by atoms with Gasteiger partial charge in [0.1, 0.15) is 12.0 Å². The van der Waals surface area contributed by atoms with Crippen molar-refractivity contribution in [3.8, 4) is 11.1 Å². The van der Waals surface area contributed by atoms with Crippen LogP contribution < -0.4 is 10.6 Å². The van der Waals surface area contributed by atoms with Crippen LogP contribution >= 0.6 is 11.8 Å². The SMILES string of the molecule is O=CC(CCSCc1ccccc1)NC(=O)/C(=C\c1cccc(C(F)(F)F)c1)NC(=O)c1ccc(-c2ccccc2)cc1. The molecule has 0 radical (unpaired) electrons. The number of thioether (sulfide) groups is 1. The zero-order valence-corrected chi connectivity index (χ0v) is 23.8. The minimum absolute atomic E-state index is 0.0563. The number of halogens is 3. The van der Waals surface area contributed by atoms with Gasteiger partial charge in [-0.05, 0) is 64.8 Å². The smallest absolute Gasteiger partial charge is 0.341 e. The Kier molecular flexibility index (Phi) is 10.9. The second-order valence-corrected chi connectivity index (χ2v) is 10.7. The van der Waals surface area contributed by atoms with Crippen LogP contribution in [0.3, 0.4) is 0 Å². The van der Waals surface area contributed by atoms with E-state index in [2.05, 4.69) is 10.6 Å². The van der Waals surface area contributed by atoms with Gasteiger partial charge in [0.2, 0.25) is 0 Å². The van der Waals surface area contributed by atoms with Crippen molar-refractivity contribution < 1.29 is 27.6 Å². The maximum Gasteiger partial charge on any atom is 0.416 e. The largest absolute Gasteiger partial charge is 0.416 e. The Balaban J connectivity index is 1.50. The number of carbonyl (C=O) groups excluding carboxylic acids is 3. The van der Waals surface area contributed by atoms with Crippen LogP contribution in [0.15, 0.2) is 115 Å². The van der Waals surface area contributed by atoms with Crippen LogP contribution in [0.1, 0.15) is 33.5 Å². The number of alkyl halides is 3. The lowest BCUT2D eigenvalue weighted by Crippen LogP contribution is -2.41. The van der Waals surface area contributed by atoms with Gasteiger partial charge in [0, 0.05) is 11.3 Å². The van der Waals surface area contributed by atoms with Gasteiger partial charge in [-0.3, -0.25) is 9.59 Å². The number of hydrogen-bond donors (Lipinski definition) is 2. The Hall–Kier alpha value is -4.63. The van der Waals surface area contributed by atoms with Crippen molar-refractivity contribution in [2.45, 2.75) is 24.4 Å². The van der Waals surface area contributed by atoms with Crippen LogP contribution in [0.2, 0.25) is 0 Å². The molecule has 9 heteroatoms. The molecule has 0 saturated heterocycles. The number of nitrogens with one attached hydrogen (secondary N) is 2. The lowest BCUT2D eigenvalue weighted by Gasteiger charge is -2.16. The predicted molar refractivity (Wildman–Crippen MR) is 164 cm³/mol. The summed E-state index contributed by atoms with van der Waals surface area (Å²) < 4.78 is 39.9. The fourth-order valence-electron chi connectivity index (χ4n) is 4.16. The summed E-state index contributed by atoms with van der Waals surface area (Å²) in [5, 5.41) is 5.12. The molecule has 4 aromatic carbocycles. The average Bonchev–Trinajstić information content (AvgIpc) is 3.02. The van der Waals surface area contributed by atoms with E-state index in [1.165, 1.54) is 12.1 Å². The summed E-state index contributed by atoms with van der Waals surface area (Å²) >= 11 is 1.60. The number of aldehydes is 1. The summed E-state index contributed by atoms with van der Waals surface area (Å²) in [4.78, 5) is 38.2. The molecule has 0 fully saturated rings. The summed E-state index contributed by atoms with van der Waals surface area (Å²) in [6.07, 6.45) is -2.49. The van der Waals surface area contributed by atoms with Crippen molar-refractivity contribution in [1.82, 2.24) is 10.6 Å². The Morgan fingerprint density at radius 2 is 1.47 bits per heavy atom. The van der Waals surface area contributed by atoms with Crippen molar-refractivity contribution in [2.24, 2.45) is 0 Å². The molecule has 0 aromatic heterocycles. The molecule has 2 N–H and O–H groups in total. The summed E-state index contributed by atoms with van der Waals surface area (Å²) in [5.41, 5.74) is 2.08. The van der Waals surface area contributed by atoms with Gasteiger partial charge in [-0.1, -0.05) is 84.9 Å². The number of benzene rings is 4. The van der Waals surface area contributed by atoms with Crippen LogP contribution in [0.25, 0.3) is 17.2 Å². The molecule has 0 bridgehead atoms. The number of amides is 2. The third-order valence-corrected chi connectivity index (χ3v) is 7.50. The highest BCUT2D eigenvalue weighted by molar-refractivity contribution is 7.98. The molecular weight excluding hydrogens is 573 g/mol. The Bertz CT molecular complexity index is 1560. The Morgan fingerprint density at radius 3 is 2.12 bits per heavy atom. The molecule has 0 heterocycles. The monoisotopic (exact) mass is 602 g/mol. The second-order valence-electron chi connectivity index (χ2n) is 9.62. The normalized spacial score (nSPS) is 12.3. The number of rotatable bonds is 12. The van der Waals surface area contributed by atoms with Crippen molar-refractivity contribution in [3.05, 3.63) is 137 Å². The fourth-order valence-corrected chi connectivity index (χ4v) is 5.16. The number of carbonyl (C=O) groups is 3. The summed E-state index contributed by atoms with van der Waals surface area (Å²) in [6.45, 7) is 0. The van der Waals surface area contributed by atoms with Gasteiger partial charge in [0.15, 0.2) is 0 Å². The topological polar surface area (TPSA) is 75.3 Å². The van der Waals surface area contributed by atoms with E-state index in [9.17, 15) is 27.6 Å². The van der Waals surface area contributed by atoms with E-state index in [-0.39, 0.29) is 16.8 Å². The lowest BCUT2D eigenvalue weighted by atomic mass is 10.0. The predicted octanol–water partition coefficient (Wildman–Crippen LogP) is 7.15. The molecule has 0 saturated carbocycles. The Morgan fingerprint density at radius 1 is 0.814 bits per heavy atom. The molecule has 1 unspecified atom stereocenters. The Labute approximate surface area is 252 Å². The molecule has 0 aliphatic rings. The zero-order valence-electron chi connectivity index (χ0n) is 23.0. The summed E-state index contributed by atoms with van der Waals surface area (Å²) in [7, 11) is 0.